The van der Waals surface area contributed by atoms with Crippen molar-refractivity contribution >= 4 is 30.5 Å². The van der Waals surface area contributed by atoms with Crippen LogP contribution in [-0.4, -0.2) is 45.5 Å². The predicted molar refractivity (Wildman–Crippen MR) is 196 cm³/mol. The summed E-state index contributed by atoms with van der Waals surface area (Å²) in [6.07, 6.45) is 7.78. The molecule has 8 nitrogen and oxygen atoms in total. The Morgan fingerprint density at radius 2 is 0.604 bits per heavy atom. The molecule has 0 amide bonds. The Morgan fingerprint density at radius 3 is 0.792 bits per heavy atom. The maximum Gasteiger partial charge on any atom is 1.00 e. The van der Waals surface area contributed by atoms with Gasteiger partial charge in [-0.1, -0.05) is 53.1 Å². The number of hydrogen-bond donors (Lipinski definition) is 0. The minimum atomic E-state index is -1.91. The molecule has 4 heterocycles. The van der Waals surface area contributed by atoms with E-state index in [9.17, 15) is 0 Å². The SMILES string of the molecule is Cc1ccc([PH+](c2ccc(C)cc2)c2ccc(C)cc2)cc1.Cc1ccn([B-](n2ccc(C)n2)(n2ccc(C)n2)n2ccc(C)n2)n1.[Cu+]. The fraction of sp³-hybridized carbons (Fsp3) is 0.189. The van der Waals surface area contributed by atoms with E-state index in [0.717, 1.165) is 22.8 Å². The van der Waals surface area contributed by atoms with Crippen LogP contribution in [0.3, 0.4) is 0 Å². The van der Waals surface area contributed by atoms with Crippen molar-refractivity contribution < 1.29 is 17.1 Å². The molecule has 0 unspecified atom stereocenters. The van der Waals surface area contributed by atoms with Gasteiger partial charge < -0.3 is 18.4 Å². The molecule has 0 fully saturated rings. The second kappa shape index (κ2) is 14.7. The molecule has 0 aliphatic carbocycles. The van der Waals surface area contributed by atoms with E-state index in [1.165, 1.54) is 32.6 Å². The van der Waals surface area contributed by atoms with Crippen molar-refractivity contribution in [2.75, 3.05) is 0 Å². The average molecular weight is 704 g/mol. The van der Waals surface area contributed by atoms with Crippen molar-refractivity contribution in [3.63, 3.8) is 0 Å². The fourth-order valence-electron chi connectivity index (χ4n) is 5.89. The average Bonchev–Trinajstić information content (AvgIpc) is 3.88. The van der Waals surface area contributed by atoms with Gasteiger partial charge in [0.15, 0.2) is 0 Å². The van der Waals surface area contributed by atoms with Crippen LogP contribution in [0.15, 0.2) is 122 Å². The molecule has 0 saturated carbocycles. The number of rotatable bonds is 7. The van der Waals surface area contributed by atoms with Crippen LogP contribution in [0.5, 0.6) is 0 Å². The summed E-state index contributed by atoms with van der Waals surface area (Å²) in [5.41, 5.74) is 7.63. The van der Waals surface area contributed by atoms with Crippen LogP contribution in [-0.2, 0) is 17.1 Å². The number of hydrogen-bond acceptors (Lipinski definition) is 4. The van der Waals surface area contributed by atoms with Crippen molar-refractivity contribution in [1.29, 1.82) is 0 Å². The Balaban J connectivity index is 0.000000186. The summed E-state index contributed by atoms with van der Waals surface area (Å²) in [5.74, 6) is 0. The number of benzene rings is 3. The van der Waals surface area contributed by atoms with E-state index >= 15 is 0 Å². The minimum Gasteiger partial charge on any atom is -0.379 e. The Bertz CT molecular complexity index is 1800. The smallest absolute Gasteiger partial charge is 0.379 e. The van der Waals surface area contributed by atoms with Crippen molar-refractivity contribution in [3.8, 4) is 0 Å². The molecule has 7 aromatic rings. The third kappa shape index (κ3) is 7.17. The van der Waals surface area contributed by atoms with E-state index in [0.29, 0.717) is 0 Å². The molecule has 4 aromatic heterocycles. The molecule has 0 aliphatic heterocycles. The molecule has 7 rings (SSSR count). The molecule has 48 heavy (non-hydrogen) atoms. The molecule has 0 N–H and O–H groups in total. The minimum absolute atomic E-state index is 0. The third-order valence-corrected chi connectivity index (χ3v) is 11.1. The standard InChI is InChI=1S/C21H21P.C16H20BN8.Cu/c1-16-4-10-19(11-5-16)22(20-12-6-17(2)7-13-20)21-14-8-18(3)9-15-21;1-13-5-9-22(18-13)17(23-10-6-14(2)19-23,24-11-7-15(3)20-24)25-12-8-16(4)21-25;/h4-15H,1-3H3;5-12H,1-4H3;/q;-1;+1/p+1. The van der Waals surface area contributed by atoms with Gasteiger partial charge in [-0.25, -0.2) is 20.4 Å². The quantitative estimate of drug-likeness (QED) is 0.157. The van der Waals surface area contributed by atoms with Gasteiger partial charge in [0.05, 0.1) is 30.7 Å². The zero-order valence-corrected chi connectivity index (χ0v) is 30.4. The maximum absolute atomic E-state index is 4.70. The molecule has 0 saturated heterocycles. The number of nitrogens with zero attached hydrogens (tertiary/aromatic N) is 8. The first-order valence-corrected chi connectivity index (χ1v) is 17.5. The van der Waals surface area contributed by atoms with E-state index in [2.05, 4.69) is 93.6 Å². The Kier molecular flexibility index (Phi) is 10.7. The molecule has 0 bridgehead atoms. The van der Waals surface area contributed by atoms with Gasteiger partial charge in [-0.15, -0.1) is 0 Å². The Morgan fingerprint density at radius 1 is 0.375 bits per heavy atom. The first kappa shape index (κ1) is 34.8. The van der Waals surface area contributed by atoms with Gasteiger partial charge in [-0.3, -0.25) is 0 Å². The zero-order chi connectivity index (χ0) is 33.1. The van der Waals surface area contributed by atoms with Gasteiger partial charge in [0.1, 0.15) is 15.9 Å². The number of aryl methyl sites for hydroxylation is 7. The molecular weight excluding hydrogens is 662 g/mol. The molecule has 3 aromatic carbocycles. The summed E-state index contributed by atoms with van der Waals surface area (Å²) in [6, 6.07) is 35.0. The van der Waals surface area contributed by atoms with Crippen molar-refractivity contribution in [2.45, 2.75) is 48.5 Å². The van der Waals surface area contributed by atoms with Gasteiger partial charge in [0.25, 0.3) is 0 Å². The van der Waals surface area contributed by atoms with Gasteiger partial charge in [0, 0.05) is 0 Å². The molecule has 0 atom stereocenters. The molecule has 0 radical (unpaired) electrons. The zero-order valence-electron chi connectivity index (χ0n) is 28.5. The Hall–Kier alpha value is -4.49. The van der Waals surface area contributed by atoms with Crippen LogP contribution in [0.25, 0.3) is 0 Å². The van der Waals surface area contributed by atoms with E-state index in [1.54, 1.807) is 0 Å². The van der Waals surface area contributed by atoms with Crippen LogP contribution < -0.4 is 15.9 Å². The second-order valence-corrected chi connectivity index (χ2v) is 14.9. The van der Waals surface area contributed by atoms with Gasteiger partial charge >= 0.3 is 23.8 Å². The predicted octanol–water partition coefficient (Wildman–Crippen LogP) is 5.73. The molecule has 248 valence electrons. The van der Waals surface area contributed by atoms with Crippen LogP contribution in [0, 0.1) is 48.5 Å². The molecule has 0 aliphatic rings. The van der Waals surface area contributed by atoms with Gasteiger partial charge in [-0.2, -0.15) is 0 Å². The van der Waals surface area contributed by atoms with Crippen molar-refractivity contribution in [1.82, 2.24) is 38.8 Å². The summed E-state index contributed by atoms with van der Waals surface area (Å²) in [4.78, 5) is 0. The van der Waals surface area contributed by atoms with Crippen LogP contribution in [0.1, 0.15) is 39.5 Å². The molecule has 11 heteroatoms. The van der Waals surface area contributed by atoms with Crippen LogP contribution in [0.2, 0.25) is 0 Å². The monoisotopic (exact) mass is 703 g/mol. The Labute approximate surface area is 295 Å². The summed E-state index contributed by atoms with van der Waals surface area (Å²) in [6.45, 7) is 12.4. The van der Waals surface area contributed by atoms with Gasteiger partial charge in [0.2, 0.25) is 0 Å². The number of aromatic nitrogens is 8. The summed E-state index contributed by atoms with van der Waals surface area (Å²) < 4.78 is 7.56. The van der Waals surface area contributed by atoms with Crippen LogP contribution >= 0.6 is 7.92 Å². The van der Waals surface area contributed by atoms with E-state index in [-0.39, 0.29) is 17.1 Å². The molecule has 0 spiro atoms. The second-order valence-electron chi connectivity index (χ2n) is 12.4. The summed E-state index contributed by atoms with van der Waals surface area (Å²) >= 11 is 0. The third-order valence-electron chi connectivity index (χ3n) is 8.41. The first-order chi connectivity index (χ1) is 22.6. The van der Waals surface area contributed by atoms with Gasteiger partial charge in [-0.05, 0) is 134 Å². The summed E-state index contributed by atoms with van der Waals surface area (Å²) in [7, 11) is -0.927. The van der Waals surface area contributed by atoms with Crippen LogP contribution in [0.4, 0.5) is 0 Å². The largest absolute Gasteiger partial charge is 1.00 e. The van der Waals surface area contributed by atoms with E-state index < -0.39 is 14.6 Å². The van der Waals surface area contributed by atoms with Crippen molar-refractivity contribution in [2.24, 2.45) is 0 Å². The molecular formula is C37H42BCuN8P+. The van der Waals surface area contributed by atoms with E-state index in [1.807, 2.05) is 95.1 Å². The first-order valence-electron chi connectivity index (χ1n) is 16.0. The fourth-order valence-corrected chi connectivity index (χ4v) is 8.39. The van der Waals surface area contributed by atoms with E-state index in [4.69, 9.17) is 20.4 Å². The topological polar surface area (TPSA) is 71.3 Å². The maximum atomic E-state index is 4.70. The van der Waals surface area contributed by atoms with Crippen molar-refractivity contribution in [3.05, 3.63) is 161 Å². The summed E-state index contributed by atoms with van der Waals surface area (Å²) in [5, 5.41) is 23.2. The normalized spacial score (nSPS) is 11.2.